The van der Waals surface area contributed by atoms with Crippen molar-refractivity contribution in [2.45, 2.75) is 46.1 Å². The summed E-state index contributed by atoms with van der Waals surface area (Å²) in [6, 6.07) is 4.44. The molecule has 0 saturated heterocycles. The number of aromatic nitrogens is 3. The van der Waals surface area contributed by atoms with Crippen molar-refractivity contribution in [2.75, 3.05) is 0 Å². The lowest BCUT2D eigenvalue weighted by Gasteiger charge is -2.22. The minimum atomic E-state index is -0.0687. The van der Waals surface area contributed by atoms with Crippen LogP contribution in [0.5, 0.6) is 0 Å². The number of hydrogen-bond donors (Lipinski definition) is 0. The molecule has 0 saturated carbocycles. The Balaban J connectivity index is 2.48. The van der Waals surface area contributed by atoms with Crippen LogP contribution in [-0.2, 0) is 5.41 Å². The van der Waals surface area contributed by atoms with Gasteiger partial charge in [-0.25, -0.2) is 0 Å². The van der Waals surface area contributed by atoms with Crippen LogP contribution in [0.2, 0.25) is 5.28 Å². The average molecular weight is 284 g/mol. The summed E-state index contributed by atoms with van der Waals surface area (Å²) in [6.45, 7) is 10.6. The van der Waals surface area contributed by atoms with Crippen molar-refractivity contribution in [3.05, 3.63) is 33.0 Å². The number of nitrogens with zero attached hydrogens (tertiary/aromatic N) is 3. The summed E-state index contributed by atoms with van der Waals surface area (Å²) in [7, 11) is 0. The van der Waals surface area contributed by atoms with Gasteiger partial charge in [-0.05, 0) is 37.6 Å². The highest BCUT2D eigenvalue weighted by molar-refractivity contribution is 7.12. The van der Waals surface area contributed by atoms with Crippen LogP contribution < -0.4 is 0 Å². The van der Waals surface area contributed by atoms with E-state index in [0.29, 0.717) is 5.28 Å². The lowest BCUT2D eigenvalue weighted by Crippen LogP contribution is -2.21. The molecule has 2 aromatic heterocycles. The first kappa shape index (κ1) is 13.6. The first-order valence-electron chi connectivity index (χ1n) is 5.98. The number of hydrogen-bond acceptors (Lipinski definition) is 3. The van der Waals surface area contributed by atoms with Crippen LogP contribution >= 0.6 is 22.9 Å². The Bertz CT molecular complexity index is 551. The van der Waals surface area contributed by atoms with E-state index in [1.807, 2.05) is 4.57 Å². The number of rotatable bonds is 2. The summed E-state index contributed by atoms with van der Waals surface area (Å²) in [5.41, 5.74) is -0.0687. The van der Waals surface area contributed by atoms with E-state index < -0.39 is 0 Å². The zero-order valence-electron chi connectivity index (χ0n) is 11.4. The van der Waals surface area contributed by atoms with Crippen molar-refractivity contribution in [1.29, 1.82) is 0 Å². The van der Waals surface area contributed by atoms with Crippen molar-refractivity contribution < 1.29 is 0 Å². The van der Waals surface area contributed by atoms with Gasteiger partial charge in [-0.2, -0.15) is 0 Å². The van der Waals surface area contributed by atoms with Crippen LogP contribution in [0.25, 0.3) is 0 Å². The molecule has 0 fully saturated rings. The zero-order chi connectivity index (χ0) is 13.5. The normalized spacial score (nSPS) is 13.9. The molecule has 0 aliphatic heterocycles. The predicted octanol–water partition coefficient (Wildman–Crippen LogP) is 4.21. The fourth-order valence-electron chi connectivity index (χ4n) is 1.93. The molecule has 1 unspecified atom stereocenters. The summed E-state index contributed by atoms with van der Waals surface area (Å²) in [4.78, 5) is 2.58. The number of thiophene rings is 1. The molecule has 0 aromatic carbocycles. The molecule has 0 aliphatic rings. The SMILES string of the molecule is Cc1ccc(C(C)n2c(Cl)nnc2C(C)(C)C)s1. The topological polar surface area (TPSA) is 30.7 Å². The Kier molecular flexibility index (Phi) is 3.52. The van der Waals surface area contributed by atoms with Gasteiger partial charge in [0.15, 0.2) is 0 Å². The minimum Gasteiger partial charge on any atom is -0.293 e. The van der Waals surface area contributed by atoms with E-state index in [0.717, 1.165) is 5.82 Å². The number of halogens is 1. The molecule has 0 amide bonds. The van der Waals surface area contributed by atoms with Crippen LogP contribution in [0.3, 0.4) is 0 Å². The second-order valence-electron chi connectivity index (χ2n) is 5.54. The van der Waals surface area contributed by atoms with Gasteiger partial charge in [0.1, 0.15) is 5.82 Å². The third kappa shape index (κ3) is 2.45. The Morgan fingerprint density at radius 2 is 1.94 bits per heavy atom. The fraction of sp³-hybridized carbons (Fsp3) is 0.538. The lowest BCUT2D eigenvalue weighted by atomic mass is 9.95. The van der Waals surface area contributed by atoms with Crippen LogP contribution in [0.1, 0.15) is 49.3 Å². The van der Waals surface area contributed by atoms with Gasteiger partial charge in [0.25, 0.3) is 0 Å². The molecular formula is C13H18ClN3S. The van der Waals surface area contributed by atoms with Gasteiger partial charge in [-0.1, -0.05) is 20.8 Å². The molecule has 3 nitrogen and oxygen atoms in total. The van der Waals surface area contributed by atoms with E-state index in [1.54, 1.807) is 11.3 Å². The maximum absolute atomic E-state index is 6.20. The van der Waals surface area contributed by atoms with E-state index >= 15 is 0 Å². The van der Waals surface area contributed by atoms with Gasteiger partial charge >= 0.3 is 0 Å². The third-order valence-corrected chi connectivity index (χ3v) is 4.31. The average Bonchev–Trinajstić information content (AvgIpc) is 2.82. The fourth-order valence-corrected chi connectivity index (χ4v) is 3.12. The summed E-state index contributed by atoms with van der Waals surface area (Å²) in [5.74, 6) is 0.922. The van der Waals surface area contributed by atoms with Crippen molar-refractivity contribution in [3.63, 3.8) is 0 Å². The quantitative estimate of drug-likeness (QED) is 0.827. The van der Waals surface area contributed by atoms with Gasteiger partial charge in [-0.3, -0.25) is 4.57 Å². The summed E-state index contributed by atoms with van der Waals surface area (Å²) >= 11 is 7.98. The van der Waals surface area contributed by atoms with Crippen LogP contribution in [0.15, 0.2) is 12.1 Å². The van der Waals surface area contributed by atoms with E-state index in [4.69, 9.17) is 11.6 Å². The third-order valence-electron chi connectivity index (χ3n) is 2.89. The van der Waals surface area contributed by atoms with Crippen LogP contribution in [0.4, 0.5) is 0 Å². The van der Waals surface area contributed by atoms with Crippen molar-refractivity contribution >= 4 is 22.9 Å². The molecule has 0 bridgehead atoms. The highest BCUT2D eigenvalue weighted by Crippen LogP contribution is 2.32. The van der Waals surface area contributed by atoms with Crippen LogP contribution in [-0.4, -0.2) is 14.8 Å². The van der Waals surface area contributed by atoms with Crippen LogP contribution in [0, 0.1) is 6.92 Å². The molecule has 1 atom stereocenters. The predicted molar refractivity (Wildman–Crippen MR) is 76.6 cm³/mol. The van der Waals surface area contributed by atoms with E-state index in [1.165, 1.54) is 9.75 Å². The molecule has 0 N–H and O–H groups in total. The maximum atomic E-state index is 6.20. The summed E-state index contributed by atoms with van der Waals surface area (Å²) < 4.78 is 2.02. The molecule has 2 rings (SSSR count). The maximum Gasteiger partial charge on any atom is 0.225 e. The Morgan fingerprint density at radius 3 is 2.44 bits per heavy atom. The highest BCUT2D eigenvalue weighted by atomic mass is 35.5. The molecule has 98 valence electrons. The van der Waals surface area contributed by atoms with E-state index in [9.17, 15) is 0 Å². The largest absolute Gasteiger partial charge is 0.293 e. The second-order valence-corrected chi connectivity index (χ2v) is 7.19. The molecule has 0 radical (unpaired) electrons. The molecule has 2 heterocycles. The Morgan fingerprint density at radius 1 is 1.28 bits per heavy atom. The second kappa shape index (κ2) is 4.67. The smallest absolute Gasteiger partial charge is 0.225 e. The lowest BCUT2D eigenvalue weighted by molar-refractivity contribution is 0.484. The zero-order valence-corrected chi connectivity index (χ0v) is 12.9. The molecule has 0 spiro atoms. The summed E-state index contributed by atoms with van der Waals surface area (Å²) in [6.07, 6.45) is 0. The van der Waals surface area contributed by atoms with Crippen molar-refractivity contribution in [2.24, 2.45) is 0 Å². The Labute approximate surface area is 117 Å². The van der Waals surface area contributed by atoms with E-state index in [2.05, 4.69) is 56.9 Å². The molecule has 5 heteroatoms. The minimum absolute atomic E-state index is 0.0687. The van der Waals surface area contributed by atoms with Gasteiger partial charge < -0.3 is 0 Å². The first-order chi connectivity index (χ1) is 8.30. The molecular weight excluding hydrogens is 266 g/mol. The standard InChI is InChI=1S/C13H18ClN3S/c1-8-6-7-10(18-8)9(2)17-11(13(3,4)5)15-16-12(17)14/h6-7,9H,1-5H3. The monoisotopic (exact) mass is 283 g/mol. The van der Waals surface area contributed by atoms with Crippen molar-refractivity contribution in [1.82, 2.24) is 14.8 Å². The molecule has 0 aliphatic carbocycles. The molecule has 2 aromatic rings. The number of aryl methyl sites for hydroxylation is 1. The molecule has 18 heavy (non-hydrogen) atoms. The van der Waals surface area contributed by atoms with Crippen molar-refractivity contribution in [3.8, 4) is 0 Å². The van der Waals surface area contributed by atoms with Gasteiger partial charge in [0, 0.05) is 15.2 Å². The van der Waals surface area contributed by atoms with Gasteiger partial charge in [-0.15, -0.1) is 21.5 Å². The Hall–Kier alpha value is -0.870. The van der Waals surface area contributed by atoms with Gasteiger partial charge in [0.2, 0.25) is 5.28 Å². The highest BCUT2D eigenvalue weighted by Gasteiger charge is 2.26. The first-order valence-corrected chi connectivity index (χ1v) is 7.17. The van der Waals surface area contributed by atoms with E-state index in [-0.39, 0.29) is 11.5 Å². The summed E-state index contributed by atoms with van der Waals surface area (Å²) in [5, 5.41) is 8.70. The van der Waals surface area contributed by atoms with Gasteiger partial charge in [0.05, 0.1) is 6.04 Å².